The number of benzene rings is 2. The Kier molecular flexibility index (Phi) is 4.08. The van der Waals surface area contributed by atoms with Crippen LogP contribution < -0.4 is 0 Å². The van der Waals surface area contributed by atoms with Crippen molar-refractivity contribution in [3.63, 3.8) is 0 Å². The monoisotopic (exact) mass is 246 g/mol. The molecular weight excluding hydrogens is 228 g/mol. The lowest BCUT2D eigenvalue weighted by molar-refractivity contribution is 0.205. The zero-order valence-corrected chi connectivity index (χ0v) is 11.1. The Morgan fingerprint density at radius 1 is 1.06 bits per heavy atom. The molecule has 0 bridgehead atoms. The molecule has 90 valence electrons. The molecule has 0 spiro atoms. The number of hydrogen-bond acceptors (Lipinski definition) is 2. The minimum atomic E-state index is -0.381. The Hall–Kier alpha value is -0.990. The quantitative estimate of drug-likeness (QED) is 0.879. The Balaban J connectivity index is 2.28. The van der Waals surface area contributed by atoms with Crippen LogP contribution in [0.25, 0.3) is 10.8 Å². The largest absolute Gasteiger partial charge is 0.388 e. The van der Waals surface area contributed by atoms with Crippen molar-refractivity contribution in [3.05, 3.63) is 48.0 Å². The lowest BCUT2D eigenvalue weighted by atomic mass is 10.0. The highest BCUT2D eigenvalue weighted by Gasteiger charge is 2.11. The number of fused-ring (bicyclic) bond motifs is 1. The summed E-state index contributed by atoms with van der Waals surface area (Å²) in [6.07, 6.45) is -0.381. The van der Waals surface area contributed by atoms with Crippen LogP contribution in [0.5, 0.6) is 0 Å². The van der Waals surface area contributed by atoms with Gasteiger partial charge in [0, 0.05) is 5.75 Å². The van der Waals surface area contributed by atoms with Gasteiger partial charge in [0.1, 0.15) is 0 Å². The van der Waals surface area contributed by atoms with Gasteiger partial charge in [-0.05, 0) is 21.6 Å². The third-order valence-electron chi connectivity index (χ3n) is 2.77. The van der Waals surface area contributed by atoms with Crippen molar-refractivity contribution in [2.75, 3.05) is 5.75 Å². The topological polar surface area (TPSA) is 20.2 Å². The maximum absolute atomic E-state index is 10.2. The molecule has 0 aliphatic heterocycles. The van der Waals surface area contributed by atoms with Gasteiger partial charge in [0.2, 0.25) is 0 Å². The van der Waals surface area contributed by atoms with Gasteiger partial charge in [-0.1, -0.05) is 56.3 Å². The number of hydrogen-bond donors (Lipinski definition) is 1. The molecule has 1 nitrogen and oxygen atoms in total. The molecule has 0 aliphatic rings. The van der Waals surface area contributed by atoms with Crippen molar-refractivity contribution in [1.82, 2.24) is 0 Å². The predicted molar refractivity (Wildman–Crippen MR) is 76.5 cm³/mol. The van der Waals surface area contributed by atoms with Crippen molar-refractivity contribution in [3.8, 4) is 0 Å². The molecule has 1 unspecified atom stereocenters. The van der Waals surface area contributed by atoms with E-state index in [1.807, 2.05) is 24.3 Å². The summed E-state index contributed by atoms with van der Waals surface area (Å²) in [6.45, 7) is 4.31. The van der Waals surface area contributed by atoms with Gasteiger partial charge in [-0.25, -0.2) is 0 Å². The summed E-state index contributed by atoms with van der Waals surface area (Å²) >= 11 is 1.79. The average molecular weight is 246 g/mol. The maximum Gasteiger partial charge on any atom is 0.0886 e. The molecule has 0 aliphatic carbocycles. The molecule has 0 saturated heterocycles. The predicted octanol–water partition coefficient (Wildman–Crippen LogP) is 4.01. The van der Waals surface area contributed by atoms with Crippen LogP contribution in [0, 0.1) is 0 Å². The van der Waals surface area contributed by atoms with Gasteiger partial charge >= 0.3 is 0 Å². The molecule has 1 atom stereocenters. The summed E-state index contributed by atoms with van der Waals surface area (Å²) in [5.41, 5.74) is 1.04. The number of aliphatic hydroxyl groups is 1. The highest BCUT2D eigenvalue weighted by molar-refractivity contribution is 7.99. The van der Waals surface area contributed by atoms with E-state index in [4.69, 9.17) is 0 Å². The molecule has 2 aromatic carbocycles. The maximum atomic E-state index is 10.2. The zero-order chi connectivity index (χ0) is 12.3. The van der Waals surface area contributed by atoms with E-state index in [2.05, 4.69) is 32.0 Å². The summed E-state index contributed by atoms with van der Waals surface area (Å²) in [7, 11) is 0. The molecule has 2 aromatic rings. The Morgan fingerprint density at radius 2 is 1.76 bits per heavy atom. The molecule has 2 rings (SSSR count). The molecule has 0 radical (unpaired) electrons. The van der Waals surface area contributed by atoms with Crippen LogP contribution in [-0.2, 0) is 0 Å². The van der Waals surface area contributed by atoms with E-state index in [1.54, 1.807) is 11.8 Å². The van der Waals surface area contributed by atoms with Gasteiger partial charge in [-0.2, -0.15) is 11.8 Å². The Bertz CT molecular complexity index is 488. The van der Waals surface area contributed by atoms with Crippen molar-refractivity contribution in [2.45, 2.75) is 25.2 Å². The first kappa shape index (κ1) is 12.5. The van der Waals surface area contributed by atoms with Crippen LogP contribution in [-0.4, -0.2) is 16.1 Å². The molecule has 0 aromatic heterocycles. The summed E-state index contributed by atoms with van der Waals surface area (Å²) in [5.74, 6) is 0.756. The molecule has 17 heavy (non-hydrogen) atoms. The number of rotatable bonds is 4. The second-order valence-electron chi connectivity index (χ2n) is 4.47. The van der Waals surface area contributed by atoms with Gasteiger partial charge in [-0.15, -0.1) is 0 Å². The Labute approximate surface area is 107 Å². The van der Waals surface area contributed by atoms with Crippen molar-refractivity contribution >= 4 is 22.5 Å². The molecule has 0 heterocycles. The summed E-state index contributed by atoms with van der Waals surface area (Å²) < 4.78 is 0. The molecule has 1 N–H and O–H groups in total. The lowest BCUT2D eigenvalue weighted by Gasteiger charge is -2.14. The van der Waals surface area contributed by atoms with Gasteiger partial charge in [0.15, 0.2) is 0 Å². The fourth-order valence-electron chi connectivity index (χ4n) is 1.91. The second-order valence-corrected chi connectivity index (χ2v) is 6.08. The zero-order valence-electron chi connectivity index (χ0n) is 10.3. The third kappa shape index (κ3) is 3.02. The standard InChI is InChI=1S/C15H18OS/c1-11(2)17-10-15(16)14-9-5-7-12-6-3-4-8-13(12)14/h3-9,11,15-16H,10H2,1-2H3. The minimum Gasteiger partial charge on any atom is -0.388 e. The molecular formula is C15H18OS. The summed E-state index contributed by atoms with van der Waals surface area (Å²) in [6, 6.07) is 14.3. The van der Waals surface area contributed by atoms with Crippen LogP contribution >= 0.6 is 11.8 Å². The van der Waals surface area contributed by atoms with Crippen LogP contribution in [0.3, 0.4) is 0 Å². The molecule has 0 fully saturated rings. The molecule has 2 heteroatoms. The fourth-order valence-corrected chi connectivity index (χ4v) is 2.66. The van der Waals surface area contributed by atoms with Crippen LogP contribution in [0.1, 0.15) is 25.5 Å². The van der Waals surface area contributed by atoms with Crippen molar-refractivity contribution in [2.24, 2.45) is 0 Å². The fraction of sp³-hybridized carbons (Fsp3) is 0.333. The van der Waals surface area contributed by atoms with Crippen LogP contribution in [0.4, 0.5) is 0 Å². The van der Waals surface area contributed by atoms with E-state index < -0.39 is 0 Å². The van der Waals surface area contributed by atoms with Gasteiger partial charge in [0.25, 0.3) is 0 Å². The van der Waals surface area contributed by atoms with Crippen molar-refractivity contribution in [1.29, 1.82) is 0 Å². The second kappa shape index (κ2) is 5.56. The van der Waals surface area contributed by atoms with Crippen molar-refractivity contribution < 1.29 is 5.11 Å². The number of thioether (sulfide) groups is 1. The minimum absolute atomic E-state index is 0.381. The Morgan fingerprint density at radius 3 is 2.53 bits per heavy atom. The smallest absolute Gasteiger partial charge is 0.0886 e. The first-order valence-electron chi connectivity index (χ1n) is 5.96. The van der Waals surface area contributed by atoms with E-state index in [1.165, 1.54) is 5.39 Å². The molecule has 0 amide bonds. The van der Waals surface area contributed by atoms with E-state index in [9.17, 15) is 5.11 Å². The first-order valence-corrected chi connectivity index (χ1v) is 7.00. The van der Waals surface area contributed by atoms with E-state index in [-0.39, 0.29) is 6.10 Å². The third-order valence-corrected chi connectivity index (χ3v) is 3.94. The van der Waals surface area contributed by atoms with Crippen LogP contribution in [0.15, 0.2) is 42.5 Å². The van der Waals surface area contributed by atoms with E-state index >= 15 is 0 Å². The molecule has 0 saturated carbocycles. The SMILES string of the molecule is CC(C)SCC(O)c1cccc2ccccc12. The highest BCUT2D eigenvalue weighted by atomic mass is 32.2. The normalized spacial score (nSPS) is 13.2. The van der Waals surface area contributed by atoms with Gasteiger partial charge < -0.3 is 5.11 Å². The van der Waals surface area contributed by atoms with Gasteiger partial charge in [-0.3, -0.25) is 0 Å². The first-order chi connectivity index (χ1) is 8.18. The number of aliphatic hydroxyl groups excluding tert-OH is 1. The van der Waals surface area contributed by atoms with Gasteiger partial charge in [0.05, 0.1) is 6.10 Å². The van der Waals surface area contributed by atoms with Crippen LogP contribution in [0.2, 0.25) is 0 Å². The summed E-state index contributed by atoms with van der Waals surface area (Å²) in [5, 5.41) is 13.2. The highest BCUT2D eigenvalue weighted by Crippen LogP contribution is 2.27. The summed E-state index contributed by atoms with van der Waals surface area (Å²) in [4.78, 5) is 0. The van der Waals surface area contributed by atoms with E-state index in [0.717, 1.165) is 16.7 Å². The lowest BCUT2D eigenvalue weighted by Crippen LogP contribution is -2.03. The average Bonchev–Trinajstić information content (AvgIpc) is 2.35. The van der Waals surface area contributed by atoms with E-state index in [0.29, 0.717) is 5.25 Å².